The summed E-state index contributed by atoms with van der Waals surface area (Å²) in [6.45, 7) is 3.91. The number of hydrogen-bond donors (Lipinski definition) is 1. The number of benzene rings is 2. The number of anilines is 1. The Morgan fingerprint density at radius 3 is 2.40 bits per heavy atom. The zero-order chi connectivity index (χ0) is 21.9. The van der Waals surface area contributed by atoms with Crippen LogP contribution in [0.5, 0.6) is 0 Å². The molecular weight excluding hydrogens is 446 g/mol. The molecule has 0 radical (unpaired) electrons. The highest BCUT2D eigenvalue weighted by Gasteiger charge is 2.39. The summed E-state index contributed by atoms with van der Waals surface area (Å²) in [5.41, 5.74) is 1.70. The van der Waals surface area contributed by atoms with Gasteiger partial charge < -0.3 is 5.32 Å². The maximum absolute atomic E-state index is 12.7. The molecule has 30 heavy (non-hydrogen) atoms. The molecule has 0 bridgehead atoms. The van der Waals surface area contributed by atoms with E-state index < -0.39 is 15.3 Å². The number of thioether (sulfide) groups is 1. The molecule has 2 amide bonds. The van der Waals surface area contributed by atoms with E-state index in [4.69, 9.17) is 11.6 Å². The third-order valence-corrected chi connectivity index (χ3v) is 7.18. The normalized spacial score (nSPS) is 18.1. The predicted molar refractivity (Wildman–Crippen MR) is 119 cm³/mol. The molecule has 1 atom stereocenters. The van der Waals surface area contributed by atoms with Crippen LogP contribution in [0.1, 0.15) is 18.9 Å². The summed E-state index contributed by atoms with van der Waals surface area (Å²) in [5.74, 6) is -0.672. The van der Waals surface area contributed by atoms with E-state index in [1.165, 1.54) is 29.2 Å². The van der Waals surface area contributed by atoms with Crippen LogP contribution >= 0.6 is 23.4 Å². The molecule has 0 saturated carbocycles. The van der Waals surface area contributed by atoms with E-state index in [2.05, 4.69) is 9.71 Å². The minimum absolute atomic E-state index is 0.0240. The van der Waals surface area contributed by atoms with Crippen molar-refractivity contribution in [2.24, 2.45) is 4.40 Å². The molecule has 1 aliphatic rings. The summed E-state index contributed by atoms with van der Waals surface area (Å²) in [5, 5.41) is 2.47. The molecule has 158 valence electrons. The third kappa shape index (κ3) is 5.21. The number of sulfonamides is 1. The second-order valence-electron chi connectivity index (χ2n) is 6.61. The number of carbonyl (C=O) groups is 2. The van der Waals surface area contributed by atoms with Crippen LogP contribution in [0.3, 0.4) is 0 Å². The Morgan fingerprint density at radius 2 is 1.80 bits per heavy atom. The first-order valence-electron chi connectivity index (χ1n) is 9.14. The third-order valence-electron chi connectivity index (χ3n) is 4.35. The number of aryl methyl sites for hydroxylation is 1. The van der Waals surface area contributed by atoms with Crippen molar-refractivity contribution in [2.45, 2.75) is 30.4 Å². The molecule has 1 aliphatic heterocycles. The Hall–Kier alpha value is -2.36. The monoisotopic (exact) mass is 465 g/mol. The maximum Gasteiger partial charge on any atom is 0.284 e. The van der Waals surface area contributed by atoms with Gasteiger partial charge in [-0.15, -0.1) is 4.40 Å². The van der Waals surface area contributed by atoms with E-state index >= 15 is 0 Å². The lowest BCUT2D eigenvalue weighted by Crippen LogP contribution is -2.33. The maximum atomic E-state index is 12.7. The van der Waals surface area contributed by atoms with Gasteiger partial charge >= 0.3 is 0 Å². The van der Waals surface area contributed by atoms with Gasteiger partial charge in [0.25, 0.3) is 10.0 Å². The molecule has 0 aliphatic carbocycles. The van der Waals surface area contributed by atoms with Gasteiger partial charge in [0.15, 0.2) is 5.17 Å². The summed E-state index contributed by atoms with van der Waals surface area (Å²) in [6.07, 6.45) is -0.0894. The topological polar surface area (TPSA) is 95.9 Å². The van der Waals surface area contributed by atoms with Gasteiger partial charge in [-0.1, -0.05) is 41.1 Å². The van der Waals surface area contributed by atoms with Crippen LogP contribution in [0.15, 0.2) is 57.8 Å². The molecule has 7 nitrogen and oxygen atoms in total. The number of amides is 2. The van der Waals surface area contributed by atoms with Crippen molar-refractivity contribution in [1.82, 2.24) is 4.90 Å². The summed E-state index contributed by atoms with van der Waals surface area (Å²) in [7, 11) is -4.02. The van der Waals surface area contributed by atoms with E-state index in [0.717, 1.165) is 17.3 Å². The zero-order valence-corrected chi connectivity index (χ0v) is 18.7. The number of amidine groups is 1. The highest BCUT2D eigenvalue weighted by atomic mass is 35.5. The van der Waals surface area contributed by atoms with E-state index in [0.29, 0.717) is 10.7 Å². The Kier molecular flexibility index (Phi) is 6.84. The minimum atomic E-state index is -4.02. The van der Waals surface area contributed by atoms with Crippen LogP contribution in [0.25, 0.3) is 0 Å². The summed E-state index contributed by atoms with van der Waals surface area (Å²) >= 11 is 6.78. The van der Waals surface area contributed by atoms with Crippen LogP contribution in [0.2, 0.25) is 5.02 Å². The molecule has 1 fully saturated rings. The molecule has 0 unspecified atom stereocenters. The molecule has 0 spiro atoms. The highest BCUT2D eigenvalue weighted by molar-refractivity contribution is 8.16. The van der Waals surface area contributed by atoms with E-state index in [9.17, 15) is 18.0 Å². The quantitative estimate of drug-likeness (QED) is 0.701. The van der Waals surface area contributed by atoms with Crippen molar-refractivity contribution in [1.29, 1.82) is 0 Å². The molecule has 2 aromatic rings. The van der Waals surface area contributed by atoms with Crippen LogP contribution in [0, 0.1) is 6.92 Å². The fourth-order valence-corrected chi connectivity index (χ4v) is 5.33. The second-order valence-corrected chi connectivity index (χ2v) is 9.82. The van der Waals surface area contributed by atoms with E-state index in [1.807, 2.05) is 19.1 Å². The van der Waals surface area contributed by atoms with Crippen molar-refractivity contribution >= 4 is 56.1 Å². The van der Waals surface area contributed by atoms with Gasteiger partial charge in [-0.3, -0.25) is 14.5 Å². The number of nitrogens with one attached hydrogen (secondary N) is 1. The molecule has 1 heterocycles. The van der Waals surface area contributed by atoms with Crippen LogP contribution in [-0.4, -0.2) is 42.1 Å². The Labute approximate surface area is 184 Å². The first kappa shape index (κ1) is 22.3. The smallest absolute Gasteiger partial charge is 0.284 e. The van der Waals surface area contributed by atoms with Crippen molar-refractivity contribution in [3.8, 4) is 0 Å². The summed E-state index contributed by atoms with van der Waals surface area (Å²) in [6, 6.07) is 12.9. The largest absolute Gasteiger partial charge is 0.326 e. The summed E-state index contributed by atoms with van der Waals surface area (Å²) < 4.78 is 29.1. The van der Waals surface area contributed by atoms with Crippen molar-refractivity contribution in [3.63, 3.8) is 0 Å². The Bertz CT molecular complexity index is 1080. The molecule has 3 rings (SSSR count). The van der Waals surface area contributed by atoms with Gasteiger partial charge in [0.1, 0.15) is 5.25 Å². The van der Waals surface area contributed by atoms with Gasteiger partial charge in [0.05, 0.1) is 4.90 Å². The van der Waals surface area contributed by atoms with Gasteiger partial charge in [-0.25, -0.2) is 0 Å². The van der Waals surface area contributed by atoms with Crippen molar-refractivity contribution < 1.29 is 18.0 Å². The average Bonchev–Trinajstić information content (AvgIpc) is 2.97. The zero-order valence-electron chi connectivity index (χ0n) is 16.3. The molecular formula is C20H20ClN3O4S2. The van der Waals surface area contributed by atoms with Gasteiger partial charge in [0, 0.05) is 23.7 Å². The first-order valence-corrected chi connectivity index (χ1v) is 11.8. The molecule has 10 heteroatoms. The van der Waals surface area contributed by atoms with Crippen LogP contribution in [0.4, 0.5) is 5.69 Å². The average molecular weight is 466 g/mol. The number of nitrogens with zero attached hydrogens (tertiary/aromatic N) is 2. The lowest BCUT2D eigenvalue weighted by atomic mass is 10.2. The summed E-state index contributed by atoms with van der Waals surface area (Å²) in [4.78, 5) is 26.3. The lowest BCUT2D eigenvalue weighted by molar-refractivity contribution is -0.128. The SMILES string of the molecule is CCN1C(=O)[C@H](CC(=O)Nc2ccc(C)cc2)SC1=NS(=O)(=O)c1ccc(Cl)cc1. The highest BCUT2D eigenvalue weighted by Crippen LogP contribution is 2.31. The first-order chi connectivity index (χ1) is 14.2. The number of carbonyl (C=O) groups excluding carboxylic acids is 2. The van der Waals surface area contributed by atoms with Gasteiger partial charge in [-0.05, 0) is 50.2 Å². The lowest BCUT2D eigenvalue weighted by Gasteiger charge is -2.13. The predicted octanol–water partition coefficient (Wildman–Crippen LogP) is 3.69. The number of rotatable bonds is 6. The Balaban J connectivity index is 1.75. The standard InChI is InChI=1S/C20H20ClN3O4S2/c1-3-24-19(26)17(12-18(25)22-15-8-4-13(2)5-9-15)29-20(24)23-30(27,28)16-10-6-14(21)7-11-16/h4-11,17H,3,12H2,1-2H3,(H,22,25)/t17-/m0/s1. The van der Waals surface area contributed by atoms with Crippen LogP contribution in [-0.2, 0) is 19.6 Å². The van der Waals surface area contributed by atoms with Crippen LogP contribution < -0.4 is 5.32 Å². The van der Waals surface area contributed by atoms with Crippen molar-refractivity contribution in [3.05, 3.63) is 59.1 Å². The minimum Gasteiger partial charge on any atom is -0.326 e. The number of halogens is 1. The molecule has 2 aromatic carbocycles. The van der Waals surface area contributed by atoms with Gasteiger partial charge in [0.2, 0.25) is 11.8 Å². The second kappa shape index (κ2) is 9.20. The van der Waals surface area contributed by atoms with E-state index in [1.54, 1.807) is 19.1 Å². The van der Waals surface area contributed by atoms with E-state index in [-0.39, 0.29) is 34.8 Å². The van der Waals surface area contributed by atoms with Crippen molar-refractivity contribution in [2.75, 3.05) is 11.9 Å². The fourth-order valence-electron chi connectivity index (χ4n) is 2.78. The molecule has 1 N–H and O–H groups in total. The molecule has 1 saturated heterocycles. The Morgan fingerprint density at radius 1 is 1.17 bits per heavy atom. The number of hydrogen-bond acceptors (Lipinski definition) is 5. The molecule has 0 aromatic heterocycles. The van der Waals surface area contributed by atoms with Gasteiger partial charge in [-0.2, -0.15) is 8.42 Å². The fraction of sp³-hybridized carbons (Fsp3) is 0.250.